The van der Waals surface area contributed by atoms with Crippen molar-refractivity contribution in [3.05, 3.63) is 12.7 Å². The Labute approximate surface area is 94.0 Å². The van der Waals surface area contributed by atoms with Crippen LogP contribution in [0.25, 0.3) is 0 Å². The summed E-state index contributed by atoms with van der Waals surface area (Å²) in [6.07, 6.45) is 8.56. The summed E-state index contributed by atoms with van der Waals surface area (Å²) in [6, 6.07) is 0.702. The lowest BCUT2D eigenvalue weighted by Crippen LogP contribution is -2.40. The highest BCUT2D eigenvalue weighted by Gasteiger charge is 2.23. The Morgan fingerprint density at radius 2 is 1.93 bits per heavy atom. The van der Waals surface area contributed by atoms with Crippen molar-refractivity contribution >= 4 is 0 Å². The number of aliphatic hydroxyl groups is 1. The quantitative estimate of drug-likeness (QED) is 0.683. The molecule has 0 heterocycles. The van der Waals surface area contributed by atoms with E-state index in [1.807, 2.05) is 6.08 Å². The molecule has 0 radical (unpaired) electrons. The van der Waals surface area contributed by atoms with Crippen molar-refractivity contribution in [2.45, 2.75) is 57.6 Å². The topological polar surface area (TPSA) is 23.5 Å². The van der Waals surface area contributed by atoms with E-state index in [1.54, 1.807) is 0 Å². The van der Waals surface area contributed by atoms with Crippen LogP contribution in [0.15, 0.2) is 12.7 Å². The predicted octanol–water partition coefficient (Wildman–Crippen LogP) is 2.58. The summed E-state index contributed by atoms with van der Waals surface area (Å²) in [5, 5.41) is 9.48. The van der Waals surface area contributed by atoms with E-state index in [0.717, 1.165) is 38.6 Å². The van der Waals surface area contributed by atoms with E-state index in [9.17, 15) is 5.11 Å². The first-order valence-corrected chi connectivity index (χ1v) is 6.31. The summed E-state index contributed by atoms with van der Waals surface area (Å²) >= 11 is 0. The van der Waals surface area contributed by atoms with Gasteiger partial charge in [0, 0.05) is 12.6 Å². The van der Waals surface area contributed by atoms with Gasteiger partial charge in [-0.1, -0.05) is 13.0 Å². The molecule has 0 aromatic rings. The molecule has 0 aliphatic heterocycles. The lowest BCUT2D eigenvalue weighted by atomic mass is 9.92. The largest absolute Gasteiger partial charge is 0.393 e. The van der Waals surface area contributed by atoms with Gasteiger partial charge < -0.3 is 10.0 Å². The highest BCUT2D eigenvalue weighted by Crippen LogP contribution is 2.23. The van der Waals surface area contributed by atoms with Crippen molar-refractivity contribution in [2.75, 3.05) is 13.1 Å². The van der Waals surface area contributed by atoms with E-state index in [0.29, 0.717) is 6.04 Å². The maximum Gasteiger partial charge on any atom is 0.0541 e. The van der Waals surface area contributed by atoms with Crippen molar-refractivity contribution in [3.8, 4) is 0 Å². The molecule has 0 aromatic heterocycles. The van der Waals surface area contributed by atoms with Crippen LogP contribution in [0, 0.1) is 0 Å². The fraction of sp³-hybridized carbons (Fsp3) is 0.846. The van der Waals surface area contributed by atoms with Crippen molar-refractivity contribution in [3.63, 3.8) is 0 Å². The molecule has 0 bridgehead atoms. The first-order chi connectivity index (χ1) is 7.27. The minimum absolute atomic E-state index is 0.0378. The van der Waals surface area contributed by atoms with Crippen LogP contribution in [0.1, 0.15) is 45.4 Å². The summed E-state index contributed by atoms with van der Waals surface area (Å²) in [5.74, 6) is 0. The van der Waals surface area contributed by atoms with Crippen LogP contribution in [0.2, 0.25) is 0 Å². The normalized spacial score (nSPS) is 26.9. The molecule has 2 heteroatoms. The summed E-state index contributed by atoms with van der Waals surface area (Å²) in [7, 11) is 0. The minimum Gasteiger partial charge on any atom is -0.393 e. The van der Waals surface area contributed by atoms with Crippen LogP contribution >= 0.6 is 0 Å². The molecule has 1 N–H and O–H groups in total. The third kappa shape index (κ3) is 4.35. The van der Waals surface area contributed by atoms with Gasteiger partial charge in [-0.2, -0.15) is 0 Å². The van der Waals surface area contributed by atoms with Gasteiger partial charge in [-0.25, -0.2) is 0 Å². The first kappa shape index (κ1) is 12.7. The molecule has 0 atom stereocenters. The Morgan fingerprint density at radius 3 is 2.47 bits per heavy atom. The highest BCUT2D eigenvalue weighted by molar-refractivity contribution is 4.81. The molecule has 1 aliphatic carbocycles. The van der Waals surface area contributed by atoms with Crippen LogP contribution in [-0.4, -0.2) is 35.2 Å². The summed E-state index contributed by atoms with van der Waals surface area (Å²) in [4.78, 5) is 2.58. The fourth-order valence-electron chi connectivity index (χ4n) is 2.44. The maximum absolute atomic E-state index is 9.48. The second-order valence-electron chi connectivity index (χ2n) is 4.58. The second-order valence-corrected chi connectivity index (χ2v) is 4.58. The molecule has 0 unspecified atom stereocenters. The lowest BCUT2D eigenvalue weighted by Gasteiger charge is -2.35. The molecule has 0 saturated heterocycles. The Kier molecular flexibility index (Phi) is 5.96. The molecule has 0 amide bonds. The minimum atomic E-state index is -0.0378. The Hall–Kier alpha value is -0.340. The average molecular weight is 211 g/mol. The van der Waals surface area contributed by atoms with E-state index in [4.69, 9.17) is 0 Å². The van der Waals surface area contributed by atoms with Gasteiger partial charge in [-0.3, -0.25) is 0 Å². The van der Waals surface area contributed by atoms with E-state index in [-0.39, 0.29) is 6.10 Å². The molecule has 2 nitrogen and oxygen atoms in total. The van der Waals surface area contributed by atoms with E-state index in [1.165, 1.54) is 13.0 Å². The number of nitrogens with zero attached hydrogens (tertiary/aromatic N) is 1. The monoisotopic (exact) mass is 211 g/mol. The molecular formula is C13H25NO. The second kappa shape index (κ2) is 7.02. The molecular weight excluding hydrogens is 186 g/mol. The smallest absolute Gasteiger partial charge is 0.0541 e. The average Bonchev–Trinajstić information content (AvgIpc) is 2.25. The van der Waals surface area contributed by atoms with Crippen molar-refractivity contribution in [1.29, 1.82) is 0 Å². The zero-order valence-electron chi connectivity index (χ0n) is 9.99. The number of hydrogen-bond donors (Lipinski definition) is 1. The molecule has 1 fully saturated rings. The van der Waals surface area contributed by atoms with Crippen LogP contribution in [-0.2, 0) is 0 Å². The Balaban J connectivity index is 2.36. The molecule has 1 rings (SSSR count). The van der Waals surface area contributed by atoms with Crippen LogP contribution < -0.4 is 0 Å². The zero-order chi connectivity index (χ0) is 11.1. The number of aliphatic hydroxyl groups excluding tert-OH is 1. The fourth-order valence-corrected chi connectivity index (χ4v) is 2.44. The molecule has 88 valence electrons. The van der Waals surface area contributed by atoms with Gasteiger partial charge >= 0.3 is 0 Å². The molecule has 0 spiro atoms. The number of rotatable bonds is 6. The molecule has 1 saturated carbocycles. The molecule has 1 aliphatic rings. The van der Waals surface area contributed by atoms with E-state index < -0.39 is 0 Å². The van der Waals surface area contributed by atoms with Crippen LogP contribution in [0.3, 0.4) is 0 Å². The molecule has 15 heavy (non-hydrogen) atoms. The van der Waals surface area contributed by atoms with Gasteiger partial charge in [-0.05, 0) is 45.1 Å². The Bertz CT molecular complexity index is 173. The SMILES string of the molecule is C=CCCN(CCC)[C@H]1CC[C@H](O)CC1. The van der Waals surface area contributed by atoms with E-state index >= 15 is 0 Å². The van der Waals surface area contributed by atoms with Gasteiger partial charge in [0.25, 0.3) is 0 Å². The summed E-state index contributed by atoms with van der Waals surface area (Å²) in [6.45, 7) is 8.34. The van der Waals surface area contributed by atoms with Gasteiger partial charge in [0.1, 0.15) is 0 Å². The Morgan fingerprint density at radius 1 is 1.27 bits per heavy atom. The van der Waals surface area contributed by atoms with Crippen molar-refractivity contribution < 1.29 is 5.11 Å². The predicted molar refractivity (Wildman–Crippen MR) is 64.9 cm³/mol. The zero-order valence-corrected chi connectivity index (χ0v) is 9.99. The lowest BCUT2D eigenvalue weighted by molar-refractivity contribution is 0.0743. The first-order valence-electron chi connectivity index (χ1n) is 6.31. The summed E-state index contributed by atoms with van der Waals surface area (Å²) in [5.41, 5.74) is 0. The third-order valence-corrected chi connectivity index (χ3v) is 3.31. The highest BCUT2D eigenvalue weighted by atomic mass is 16.3. The van der Waals surface area contributed by atoms with Gasteiger partial charge in [0.05, 0.1) is 6.10 Å². The maximum atomic E-state index is 9.48. The summed E-state index contributed by atoms with van der Waals surface area (Å²) < 4.78 is 0. The van der Waals surface area contributed by atoms with Crippen molar-refractivity contribution in [1.82, 2.24) is 4.90 Å². The number of hydrogen-bond acceptors (Lipinski definition) is 2. The third-order valence-electron chi connectivity index (χ3n) is 3.31. The van der Waals surface area contributed by atoms with Crippen molar-refractivity contribution in [2.24, 2.45) is 0 Å². The van der Waals surface area contributed by atoms with Gasteiger partial charge in [0.15, 0.2) is 0 Å². The van der Waals surface area contributed by atoms with Gasteiger partial charge in [-0.15, -0.1) is 6.58 Å². The standard InChI is InChI=1S/C13H25NO/c1-3-5-11-14(10-4-2)12-6-8-13(15)9-7-12/h3,12-13,15H,1,4-11H2,2H3/t12-,13-. The van der Waals surface area contributed by atoms with Gasteiger partial charge in [0.2, 0.25) is 0 Å². The molecule has 0 aromatic carbocycles. The van der Waals surface area contributed by atoms with Crippen LogP contribution in [0.4, 0.5) is 0 Å². The van der Waals surface area contributed by atoms with Crippen LogP contribution in [0.5, 0.6) is 0 Å². The van der Waals surface area contributed by atoms with E-state index in [2.05, 4.69) is 18.4 Å².